The van der Waals surface area contributed by atoms with E-state index in [2.05, 4.69) is 24.1 Å². The lowest BCUT2D eigenvalue weighted by molar-refractivity contribution is 0.529. The van der Waals surface area contributed by atoms with Crippen molar-refractivity contribution >= 4 is 47.9 Å². The summed E-state index contributed by atoms with van der Waals surface area (Å²) >= 11 is 9.96. The highest BCUT2D eigenvalue weighted by Crippen LogP contribution is 2.51. The second-order valence-corrected chi connectivity index (χ2v) is 7.45. The SMILES string of the molecule is SCCSCCC1=CSC(c2ccco2)S1. The molecule has 0 aliphatic carbocycles. The molecule has 1 aliphatic heterocycles. The molecule has 0 N–H and O–H groups in total. The molecule has 16 heavy (non-hydrogen) atoms. The van der Waals surface area contributed by atoms with Crippen molar-refractivity contribution in [2.45, 2.75) is 11.0 Å². The van der Waals surface area contributed by atoms with Gasteiger partial charge in [0.2, 0.25) is 0 Å². The third kappa shape index (κ3) is 3.72. The molecular formula is C11H14OS4. The van der Waals surface area contributed by atoms with E-state index in [1.54, 1.807) is 6.26 Å². The van der Waals surface area contributed by atoms with Crippen molar-refractivity contribution in [3.63, 3.8) is 0 Å². The van der Waals surface area contributed by atoms with E-state index in [-0.39, 0.29) is 0 Å². The Bertz CT molecular complexity index is 334. The number of furan rings is 1. The van der Waals surface area contributed by atoms with Crippen LogP contribution in [-0.2, 0) is 0 Å². The average Bonchev–Trinajstić information content (AvgIpc) is 2.94. The van der Waals surface area contributed by atoms with E-state index in [1.807, 2.05) is 41.4 Å². The normalized spacial score (nSPS) is 20.1. The first-order valence-corrected chi connectivity index (χ1v) is 8.74. The minimum Gasteiger partial charge on any atom is -0.467 e. The van der Waals surface area contributed by atoms with Crippen LogP contribution in [0.15, 0.2) is 33.1 Å². The Balaban J connectivity index is 1.71. The Kier molecular flexibility index (Phi) is 5.62. The van der Waals surface area contributed by atoms with Gasteiger partial charge in [0.15, 0.2) is 0 Å². The fourth-order valence-electron chi connectivity index (χ4n) is 1.34. The minimum atomic E-state index is 0.430. The highest BCUT2D eigenvalue weighted by Gasteiger charge is 2.22. The summed E-state index contributed by atoms with van der Waals surface area (Å²) in [6, 6.07) is 4.01. The van der Waals surface area contributed by atoms with Crippen LogP contribution < -0.4 is 0 Å². The van der Waals surface area contributed by atoms with E-state index in [1.165, 1.54) is 17.1 Å². The molecule has 1 atom stereocenters. The number of thiol groups is 1. The van der Waals surface area contributed by atoms with E-state index in [9.17, 15) is 0 Å². The molecule has 88 valence electrons. The molecule has 0 amide bonds. The van der Waals surface area contributed by atoms with Gasteiger partial charge in [0.1, 0.15) is 10.3 Å². The van der Waals surface area contributed by atoms with Gasteiger partial charge in [-0.05, 0) is 40.4 Å². The number of allylic oxidation sites excluding steroid dienone is 1. The summed E-state index contributed by atoms with van der Waals surface area (Å²) in [4.78, 5) is 1.48. The van der Waals surface area contributed by atoms with Crippen LogP contribution in [-0.4, -0.2) is 17.3 Å². The molecule has 0 saturated heterocycles. The van der Waals surface area contributed by atoms with Gasteiger partial charge >= 0.3 is 0 Å². The second kappa shape index (κ2) is 6.99. The van der Waals surface area contributed by atoms with Crippen molar-refractivity contribution in [2.24, 2.45) is 0 Å². The van der Waals surface area contributed by atoms with Gasteiger partial charge in [-0.1, -0.05) is 0 Å². The van der Waals surface area contributed by atoms with E-state index >= 15 is 0 Å². The van der Waals surface area contributed by atoms with Crippen molar-refractivity contribution in [1.82, 2.24) is 0 Å². The van der Waals surface area contributed by atoms with E-state index in [0.29, 0.717) is 4.58 Å². The Morgan fingerprint density at radius 3 is 3.12 bits per heavy atom. The zero-order valence-electron chi connectivity index (χ0n) is 8.80. The molecule has 1 aromatic rings. The molecule has 1 aliphatic rings. The largest absolute Gasteiger partial charge is 0.467 e. The van der Waals surface area contributed by atoms with E-state index in [4.69, 9.17) is 4.42 Å². The molecule has 5 heteroatoms. The van der Waals surface area contributed by atoms with Gasteiger partial charge in [-0.25, -0.2) is 0 Å². The highest BCUT2D eigenvalue weighted by molar-refractivity contribution is 8.22. The maximum atomic E-state index is 5.42. The van der Waals surface area contributed by atoms with Gasteiger partial charge < -0.3 is 4.42 Å². The van der Waals surface area contributed by atoms with Crippen LogP contribution in [0.1, 0.15) is 16.8 Å². The first-order valence-electron chi connectivity index (χ1n) is 5.13. The molecule has 0 radical (unpaired) electrons. The minimum absolute atomic E-state index is 0.430. The van der Waals surface area contributed by atoms with Crippen LogP contribution in [0.2, 0.25) is 0 Å². The van der Waals surface area contributed by atoms with Gasteiger partial charge in [0.25, 0.3) is 0 Å². The van der Waals surface area contributed by atoms with Gasteiger partial charge in [-0.15, -0.1) is 23.5 Å². The first kappa shape index (κ1) is 12.9. The molecule has 2 rings (SSSR count). The molecule has 0 bridgehead atoms. The van der Waals surface area contributed by atoms with Gasteiger partial charge in [0.05, 0.1) is 6.26 Å². The van der Waals surface area contributed by atoms with E-state index < -0.39 is 0 Å². The molecule has 0 aromatic carbocycles. The predicted molar refractivity (Wildman–Crippen MR) is 80.5 cm³/mol. The maximum Gasteiger partial charge on any atom is 0.127 e. The van der Waals surface area contributed by atoms with Crippen molar-refractivity contribution in [2.75, 3.05) is 17.3 Å². The number of thioether (sulfide) groups is 3. The molecule has 1 unspecified atom stereocenters. The fourth-order valence-corrected chi connectivity index (χ4v) is 5.11. The highest BCUT2D eigenvalue weighted by atomic mass is 32.2. The summed E-state index contributed by atoms with van der Waals surface area (Å²) in [7, 11) is 0. The van der Waals surface area contributed by atoms with Crippen molar-refractivity contribution in [3.05, 3.63) is 34.5 Å². The number of hydrogen-bond donors (Lipinski definition) is 1. The third-order valence-electron chi connectivity index (χ3n) is 2.09. The molecule has 0 fully saturated rings. The average molecular weight is 291 g/mol. The second-order valence-electron chi connectivity index (χ2n) is 3.27. The Morgan fingerprint density at radius 2 is 2.38 bits per heavy atom. The lowest BCUT2D eigenvalue weighted by Gasteiger charge is -2.05. The van der Waals surface area contributed by atoms with Gasteiger partial charge in [-0.3, -0.25) is 0 Å². The molecule has 1 nitrogen and oxygen atoms in total. The maximum absolute atomic E-state index is 5.42. The van der Waals surface area contributed by atoms with Gasteiger partial charge in [0, 0.05) is 5.75 Å². The van der Waals surface area contributed by atoms with Crippen LogP contribution in [0.25, 0.3) is 0 Å². The van der Waals surface area contributed by atoms with Crippen LogP contribution in [0.3, 0.4) is 0 Å². The quantitative estimate of drug-likeness (QED) is 0.604. The smallest absolute Gasteiger partial charge is 0.127 e. The summed E-state index contributed by atoms with van der Waals surface area (Å²) in [5.41, 5.74) is 0. The van der Waals surface area contributed by atoms with Crippen LogP contribution in [0.4, 0.5) is 0 Å². The zero-order chi connectivity index (χ0) is 11.2. The topological polar surface area (TPSA) is 13.1 Å². The summed E-state index contributed by atoms with van der Waals surface area (Å²) < 4.78 is 5.85. The Labute approximate surface area is 115 Å². The fraction of sp³-hybridized carbons (Fsp3) is 0.455. The standard InChI is InChI=1S/C11H14OS4/c13-5-7-14-6-3-9-8-15-11(16-9)10-2-1-4-12-10/h1-2,4,8,11,13H,3,5-7H2. The Hall–Kier alpha value is 0.420. The van der Waals surface area contributed by atoms with Crippen molar-refractivity contribution < 1.29 is 4.42 Å². The van der Waals surface area contributed by atoms with Gasteiger partial charge in [-0.2, -0.15) is 24.4 Å². The van der Waals surface area contributed by atoms with Crippen LogP contribution >= 0.6 is 47.9 Å². The predicted octanol–water partition coefficient (Wildman–Crippen LogP) is 4.65. The number of hydrogen-bond acceptors (Lipinski definition) is 5. The lowest BCUT2D eigenvalue weighted by atomic mass is 10.5. The van der Waals surface area contributed by atoms with Crippen LogP contribution in [0.5, 0.6) is 0 Å². The molecule has 1 aromatic heterocycles. The Morgan fingerprint density at radius 1 is 1.44 bits per heavy atom. The summed E-state index contributed by atoms with van der Waals surface area (Å²) in [6.07, 6.45) is 2.92. The first-order chi connectivity index (χ1) is 7.90. The third-order valence-corrected chi connectivity index (χ3v) is 6.34. The molecule has 2 heterocycles. The lowest BCUT2D eigenvalue weighted by Crippen LogP contribution is -1.86. The molecule has 0 saturated carbocycles. The summed E-state index contributed by atoms with van der Waals surface area (Å²) in [5.74, 6) is 4.39. The number of rotatable bonds is 6. The zero-order valence-corrected chi connectivity index (χ0v) is 12.1. The monoisotopic (exact) mass is 290 g/mol. The van der Waals surface area contributed by atoms with Crippen molar-refractivity contribution in [1.29, 1.82) is 0 Å². The van der Waals surface area contributed by atoms with Crippen LogP contribution in [0, 0.1) is 0 Å². The summed E-state index contributed by atoms with van der Waals surface area (Å²) in [5, 5.41) is 2.28. The van der Waals surface area contributed by atoms with E-state index in [0.717, 1.165) is 17.3 Å². The summed E-state index contributed by atoms with van der Waals surface area (Å²) in [6.45, 7) is 0. The van der Waals surface area contributed by atoms with Crippen molar-refractivity contribution in [3.8, 4) is 0 Å². The molecule has 0 spiro atoms. The molecular weight excluding hydrogens is 276 g/mol.